The number of carbonyl (C=O) groups excluding carboxylic acids is 1. The van der Waals surface area contributed by atoms with E-state index in [0.717, 1.165) is 19.5 Å². The molecule has 0 radical (unpaired) electrons. The van der Waals surface area contributed by atoms with Crippen molar-refractivity contribution in [1.29, 1.82) is 0 Å². The van der Waals surface area contributed by atoms with Gasteiger partial charge in [-0.1, -0.05) is 0 Å². The Hall–Kier alpha value is -0.480. The quantitative estimate of drug-likeness (QED) is 0.718. The first-order chi connectivity index (χ1) is 7.15. The van der Waals surface area contributed by atoms with Gasteiger partial charge in [-0.25, -0.2) is 4.39 Å². The molecule has 0 spiro atoms. The van der Waals surface area contributed by atoms with Crippen LogP contribution in [0.4, 0.5) is 4.39 Å². The Morgan fingerprint density at radius 3 is 2.73 bits per heavy atom. The van der Waals surface area contributed by atoms with Crippen LogP contribution >= 0.6 is 0 Å². The van der Waals surface area contributed by atoms with Gasteiger partial charge in [-0.3, -0.25) is 9.69 Å². The van der Waals surface area contributed by atoms with Gasteiger partial charge in [-0.05, 0) is 20.3 Å². The predicted octanol–water partition coefficient (Wildman–Crippen LogP) is 0.987. The highest BCUT2D eigenvalue weighted by Gasteiger charge is 2.24. The van der Waals surface area contributed by atoms with E-state index in [-0.39, 0.29) is 12.7 Å². The number of rotatable bonds is 6. The first-order valence-electron chi connectivity index (χ1n) is 5.71. The zero-order valence-electron chi connectivity index (χ0n) is 9.63. The highest BCUT2D eigenvalue weighted by Crippen LogP contribution is 2.07. The molecule has 1 unspecified atom stereocenters. The van der Waals surface area contributed by atoms with Gasteiger partial charge in [-0.2, -0.15) is 0 Å². The lowest BCUT2D eigenvalue weighted by Gasteiger charge is -2.26. The van der Waals surface area contributed by atoms with Crippen molar-refractivity contribution in [2.45, 2.75) is 38.8 Å². The summed E-state index contributed by atoms with van der Waals surface area (Å²) in [6.07, 6.45) is 1.45. The fraction of sp³-hybridized carbons (Fsp3) is 0.909. The van der Waals surface area contributed by atoms with Crippen LogP contribution < -0.4 is 5.32 Å². The Kier molecular flexibility index (Phi) is 5.19. The van der Waals surface area contributed by atoms with Crippen LogP contribution in [0.3, 0.4) is 0 Å². The van der Waals surface area contributed by atoms with E-state index in [2.05, 4.69) is 24.1 Å². The molecule has 0 aromatic carbocycles. The zero-order valence-corrected chi connectivity index (χ0v) is 9.63. The lowest BCUT2D eigenvalue weighted by Crippen LogP contribution is -2.38. The number of hydrogen-bond acceptors (Lipinski definition) is 3. The molecule has 1 aliphatic heterocycles. The first kappa shape index (κ1) is 12.6. The van der Waals surface area contributed by atoms with E-state index in [0.29, 0.717) is 24.8 Å². The van der Waals surface area contributed by atoms with Crippen molar-refractivity contribution in [3.05, 3.63) is 0 Å². The summed E-state index contributed by atoms with van der Waals surface area (Å²) in [7, 11) is 0. The molecular formula is C11H21FN2O. The van der Waals surface area contributed by atoms with Crippen LogP contribution in [-0.4, -0.2) is 49.1 Å². The van der Waals surface area contributed by atoms with Gasteiger partial charge < -0.3 is 5.32 Å². The number of alkyl halides is 1. The van der Waals surface area contributed by atoms with Gasteiger partial charge in [0.15, 0.2) is 5.78 Å². The minimum absolute atomic E-state index is 0.00543. The summed E-state index contributed by atoms with van der Waals surface area (Å²) in [5.41, 5.74) is 0. The molecule has 1 aliphatic rings. The third-order valence-electron chi connectivity index (χ3n) is 2.96. The summed E-state index contributed by atoms with van der Waals surface area (Å²) < 4.78 is 12.3. The molecule has 1 N–H and O–H groups in total. The summed E-state index contributed by atoms with van der Waals surface area (Å²) >= 11 is 0. The fourth-order valence-electron chi connectivity index (χ4n) is 1.95. The standard InChI is InChI=1S/C11H21FN2O/c1-9(2)14(8-5-12)7-4-10-11(15)3-6-13-10/h9-10,13H,3-8H2,1-2H3. The normalized spacial score (nSPS) is 21.9. The predicted molar refractivity (Wildman–Crippen MR) is 58.7 cm³/mol. The Balaban J connectivity index is 2.29. The van der Waals surface area contributed by atoms with Gasteiger partial charge in [0.2, 0.25) is 0 Å². The summed E-state index contributed by atoms with van der Waals surface area (Å²) in [4.78, 5) is 13.4. The molecule has 15 heavy (non-hydrogen) atoms. The maximum absolute atomic E-state index is 12.3. The van der Waals surface area contributed by atoms with E-state index < -0.39 is 0 Å². The largest absolute Gasteiger partial charge is 0.307 e. The summed E-state index contributed by atoms with van der Waals surface area (Å²) in [5.74, 6) is 0.305. The molecule has 1 rings (SSSR count). The second-order valence-electron chi connectivity index (χ2n) is 4.33. The van der Waals surface area contributed by atoms with Crippen LogP contribution in [0.1, 0.15) is 26.7 Å². The van der Waals surface area contributed by atoms with Crippen molar-refractivity contribution in [2.75, 3.05) is 26.3 Å². The number of ketones is 1. The third kappa shape index (κ3) is 3.87. The van der Waals surface area contributed by atoms with Crippen molar-refractivity contribution in [1.82, 2.24) is 10.2 Å². The van der Waals surface area contributed by atoms with Crippen molar-refractivity contribution >= 4 is 5.78 Å². The number of nitrogens with zero attached hydrogens (tertiary/aromatic N) is 1. The second-order valence-corrected chi connectivity index (χ2v) is 4.33. The second kappa shape index (κ2) is 6.18. The van der Waals surface area contributed by atoms with E-state index in [1.807, 2.05) is 0 Å². The van der Waals surface area contributed by atoms with Gasteiger partial charge in [0.1, 0.15) is 6.67 Å². The molecule has 1 saturated heterocycles. The Morgan fingerprint density at radius 1 is 1.53 bits per heavy atom. The van der Waals surface area contributed by atoms with E-state index in [9.17, 15) is 9.18 Å². The summed E-state index contributed by atoms with van der Waals surface area (Å²) in [5, 5.41) is 3.17. The molecule has 4 heteroatoms. The molecule has 0 aromatic rings. The third-order valence-corrected chi connectivity index (χ3v) is 2.96. The van der Waals surface area contributed by atoms with Crippen molar-refractivity contribution in [3.8, 4) is 0 Å². The molecule has 0 amide bonds. The van der Waals surface area contributed by atoms with Gasteiger partial charge in [-0.15, -0.1) is 0 Å². The van der Waals surface area contributed by atoms with Crippen LogP contribution in [-0.2, 0) is 4.79 Å². The Labute approximate surface area is 91.0 Å². The lowest BCUT2D eigenvalue weighted by molar-refractivity contribution is -0.118. The van der Waals surface area contributed by atoms with E-state index in [1.165, 1.54) is 0 Å². The maximum Gasteiger partial charge on any atom is 0.151 e. The monoisotopic (exact) mass is 216 g/mol. The van der Waals surface area contributed by atoms with Gasteiger partial charge in [0.25, 0.3) is 0 Å². The molecule has 0 aromatic heterocycles. The Morgan fingerprint density at radius 2 is 2.27 bits per heavy atom. The first-order valence-corrected chi connectivity index (χ1v) is 5.71. The minimum Gasteiger partial charge on any atom is -0.307 e. The highest BCUT2D eigenvalue weighted by atomic mass is 19.1. The molecule has 3 nitrogen and oxygen atoms in total. The van der Waals surface area contributed by atoms with Crippen molar-refractivity contribution in [3.63, 3.8) is 0 Å². The van der Waals surface area contributed by atoms with Gasteiger partial charge in [0, 0.05) is 32.1 Å². The molecule has 1 atom stereocenters. The molecule has 88 valence electrons. The Bertz CT molecular complexity index is 209. The molecule has 0 aliphatic carbocycles. The molecule has 0 saturated carbocycles. The SMILES string of the molecule is CC(C)N(CCF)CCC1NCCC1=O. The zero-order chi connectivity index (χ0) is 11.3. The van der Waals surface area contributed by atoms with E-state index >= 15 is 0 Å². The van der Waals surface area contributed by atoms with Crippen LogP contribution in [0, 0.1) is 0 Å². The number of hydrogen-bond donors (Lipinski definition) is 1. The summed E-state index contributed by atoms with van der Waals surface area (Å²) in [6.45, 7) is 5.86. The van der Waals surface area contributed by atoms with Crippen molar-refractivity contribution < 1.29 is 9.18 Å². The molecular weight excluding hydrogens is 195 g/mol. The summed E-state index contributed by atoms with van der Waals surface area (Å²) in [6, 6.07) is 0.350. The fourth-order valence-corrected chi connectivity index (χ4v) is 1.95. The smallest absolute Gasteiger partial charge is 0.151 e. The van der Waals surface area contributed by atoms with Crippen LogP contribution in [0.25, 0.3) is 0 Å². The average molecular weight is 216 g/mol. The number of carbonyl (C=O) groups is 1. The highest BCUT2D eigenvalue weighted by molar-refractivity contribution is 5.86. The van der Waals surface area contributed by atoms with Crippen LogP contribution in [0.5, 0.6) is 0 Å². The number of halogens is 1. The maximum atomic E-state index is 12.3. The average Bonchev–Trinajstić information content (AvgIpc) is 2.58. The molecule has 0 bridgehead atoms. The molecule has 1 fully saturated rings. The van der Waals surface area contributed by atoms with E-state index in [1.54, 1.807) is 0 Å². The minimum atomic E-state index is -0.315. The van der Waals surface area contributed by atoms with Gasteiger partial charge in [0.05, 0.1) is 6.04 Å². The van der Waals surface area contributed by atoms with Crippen molar-refractivity contribution in [2.24, 2.45) is 0 Å². The number of Topliss-reactive ketones (excluding diaryl/α,β-unsaturated/α-hetero) is 1. The van der Waals surface area contributed by atoms with Gasteiger partial charge >= 0.3 is 0 Å². The topological polar surface area (TPSA) is 32.3 Å². The number of nitrogens with one attached hydrogen (secondary N) is 1. The van der Waals surface area contributed by atoms with Crippen LogP contribution in [0.15, 0.2) is 0 Å². The van der Waals surface area contributed by atoms with Crippen LogP contribution in [0.2, 0.25) is 0 Å². The lowest BCUT2D eigenvalue weighted by atomic mass is 10.1. The van der Waals surface area contributed by atoms with E-state index in [4.69, 9.17) is 0 Å². The molecule has 1 heterocycles.